The van der Waals surface area contributed by atoms with E-state index in [0.29, 0.717) is 5.38 Å². The highest BCUT2D eigenvalue weighted by molar-refractivity contribution is 6.20. The highest BCUT2D eigenvalue weighted by Gasteiger charge is 2.30. The van der Waals surface area contributed by atoms with Gasteiger partial charge in [-0.3, -0.25) is 0 Å². The molecule has 1 aromatic carbocycles. The first-order valence-electron chi connectivity index (χ1n) is 12.6. The van der Waals surface area contributed by atoms with Gasteiger partial charge < -0.3 is 4.74 Å². The summed E-state index contributed by atoms with van der Waals surface area (Å²) < 4.78 is 5.81. The molecular formula is C27H43ClO. The lowest BCUT2D eigenvalue weighted by Gasteiger charge is -2.35. The minimum atomic E-state index is 0.415. The molecule has 0 aromatic heterocycles. The first kappa shape index (κ1) is 23.0. The van der Waals surface area contributed by atoms with Crippen LogP contribution in [0.2, 0.25) is 0 Å². The van der Waals surface area contributed by atoms with E-state index in [9.17, 15) is 0 Å². The van der Waals surface area contributed by atoms with Gasteiger partial charge in [0, 0.05) is 5.38 Å². The number of ether oxygens (including phenoxy) is 1. The molecule has 29 heavy (non-hydrogen) atoms. The second-order valence-electron chi connectivity index (χ2n) is 9.81. The summed E-state index contributed by atoms with van der Waals surface area (Å²) in [4.78, 5) is 0. The standard InChI is InChI=1S/C27H43ClO/c1-3-5-19-29-26-17-15-24(16-18-26)23-11-9-22(10-12-23)20-27(28)25-13-7-21(6-4-2)8-14-25/h15-18,21-23,25,27H,3-14,19-20H2,1-2H3. The van der Waals surface area contributed by atoms with E-state index in [1.54, 1.807) is 0 Å². The van der Waals surface area contributed by atoms with Crippen LogP contribution in [-0.2, 0) is 0 Å². The van der Waals surface area contributed by atoms with Gasteiger partial charge in [-0.05, 0) is 92.7 Å². The van der Waals surface area contributed by atoms with Gasteiger partial charge in [0.1, 0.15) is 5.75 Å². The summed E-state index contributed by atoms with van der Waals surface area (Å²) >= 11 is 6.93. The van der Waals surface area contributed by atoms with Crippen LogP contribution in [0.1, 0.15) is 109 Å². The highest BCUT2D eigenvalue weighted by atomic mass is 35.5. The summed E-state index contributed by atoms with van der Waals surface area (Å²) in [7, 11) is 0. The Morgan fingerprint density at radius 1 is 0.862 bits per heavy atom. The van der Waals surface area contributed by atoms with Crippen LogP contribution < -0.4 is 4.74 Å². The Morgan fingerprint density at radius 2 is 1.52 bits per heavy atom. The number of rotatable bonds is 10. The Morgan fingerprint density at radius 3 is 2.14 bits per heavy atom. The molecule has 0 amide bonds. The Hall–Kier alpha value is -0.690. The number of alkyl halides is 1. The second kappa shape index (κ2) is 12.2. The van der Waals surface area contributed by atoms with Crippen molar-refractivity contribution in [3.63, 3.8) is 0 Å². The normalized spacial score (nSPS) is 28.8. The summed E-state index contributed by atoms with van der Waals surface area (Å²) in [5, 5.41) is 0.415. The van der Waals surface area contributed by atoms with E-state index in [1.165, 1.54) is 82.6 Å². The van der Waals surface area contributed by atoms with Crippen molar-refractivity contribution in [3.8, 4) is 5.75 Å². The summed E-state index contributed by atoms with van der Waals surface area (Å²) in [5.41, 5.74) is 1.50. The average Bonchev–Trinajstić information content (AvgIpc) is 2.76. The Kier molecular flexibility index (Phi) is 9.70. The van der Waals surface area contributed by atoms with Gasteiger partial charge in [0.15, 0.2) is 0 Å². The summed E-state index contributed by atoms with van der Waals surface area (Å²) in [6.45, 7) is 5.36. The Bertz CT molecular complexity index is 552. The second-order valence-corrected chi connectivity index (χ2v) is 10.4. The molecule has 2 saturated carbocycles. The van der Waals surface area contributed by atoms with E-state index >= 15 is 0 Å². The lowest BCUT2D eigenvalue weighted by atomic mass is 9.73. The minimum absolute atomic E-state index is 0.415. The van der Waals surface area contributed by atoms with Crippen LogP contribution in [-0.4, -0.2) is 12.0 Å². The Labute approximate surface area is 185 Å². The quantitative estimate of drug-likeness (QED) is 0.272. The predicted molar refractivity (Wildman–Crippen MR) is 126 cm³/mol. The van der Waals surface area contributed by atoms with Crippen molar-refractivity contribution >= 4 is 11.6 Å². The average molecular weight is 419 g/mol. The molecule has 1 aromatic rings. The molecule has 1 unspecified atom stereocenters. The number of halogens is 1. The highest BCUT2D eigenvalue weighted by Crippen LogP contribution is 2.42. The molecule has 164 valence electrons. The molecule has 0 bridgehead atoms. The predicted octanol–water partition coefficient (Wildman–Crippen LogP) is 8.74. The van der Waals surface area contributed by atoms with Crippen molar-refractivity contribution in [2.24, 2.45) is 17.8 Å². The molecule has 0 saturated heterocycles. The van der Waals surface area contributed by atoms with E-state index in [4.69, 9.17) is 16.3 Å². The largest absolute Gasteiger partial charge is 0.494 e. The molecule has 3 rings (SSSR count). The summed E-state index contributed by atoms with van der Waals surface area (Å²) in [5.74, 6) is 4.37. The van der Waals surface area contributed by atoms with Crippen molar-refractivity contribution in [1.29, 1.82) is 0 Å². The fourth-order valence-corrected chi connectivity index (χ4v) is 6.16. The molecular weight excluding hydrogens is 376 g/mol. The van der Waals surface area contributed by atoms with Crippen LogP contribution in [0.3, 0.4) is 0 Å². The smallest absolute Gasteiger partial charge is 0.119 e. The maximum atomic E-state index is 6.93. The molecule has 2 heteroatoms. The van der Waals surface area contributed by atoms with Crippen LogP contribution in [0, 0.1) is 17.8 Å². The van der Waals surface area contributed by atoms with Crippen LogP contribution in [0.15, 0.2) is 24.3 Å². The van der Waals surface area contributed by atoms with Gasteiger partial charge in [-0.1, -0.05) is 58.1 Å². The first-order valence-corrected chi connectivity index (χ1v) is 13.0. The molecule has 2 aliphatic rings. The number of benzene rings is 1. The number of hydrogen-bond acceptors (Lipinski definition) is 1. The first-order chi connectivity index (χ1) is 14.2. The monoisotopic (exact) mass is 418 g/mol. The van der Waals surface area contributed by atoms with Crippen molar-refractivity contribution in [3.05, 3.63) is 29.8 Å². The number of hydrogen-bond donors (Lipinski definition) is 0. The molecule has 0 spiro atoms. The van der Waals surface area contributed by atoms with Crippen molar-refractivity contribution < 1.29 is 4.74 Å². The van der Waals surface area contributed by atoms with E-state index in [1.807, 2.05) is 0 Å². The van der Waals surface area contributed by atoms with Gasteiger partial charge in [-0.25, -0.2) is 0 Å². The van der Waals surface area contributed by atoms with E-state index in [0.717, 1.165) is 42.4 Å². The van der Waals surface area contributed by atoms with Gasteiger partial charge in [-0.2, -0.15) is 0 Å². The molecule has 0 N–H and O–H groups in total. The van der Waals surface area contributed by atoms with Crippen molar-refractivity contribution in [2.75, 3.05) is 6.61 Å². The lowest BCUT2D eigenvalue weighted by molar-refractivity contribution is 0.228. The topological polar surface area (TPSA) is 9.23 Å². The maximum Gasteiger partial charge on any atom is 0.119 e. The van der Waals surface area contributed by atoms with E-state index in [-0.39, 0.29) is 0 Å². The van der Waals surface area contributed by atoms with Gasteiger partial charge >= 0.3 is 0 Å². The van der Waals surface area contributed by atoms with Gasteiger partial charge in [-0.15, -0.1) is 11.6 Å². The molecule has 0 aliphatic heterocycles. The minimum Gasteiger partial charge on any atom is -0.494 e. The molecule has 1 nitrogen and oxygen atoms in total. The van der Waals surface area contributed by atoms with E-state index < -0.39 is 0 Å². The fourth-order valence-electron chi connectivity index (χ4n) is 5.66. The Balaban J connectivity index is 1.38. The molecule has 0 radical (unpaired) electrons. The molecule has 0 heterocycles. The van der Waals surface area contributed by atoms with Gasteiger partial charge in [0.25, 0.3) is 0 Å². The zero-order valence-corrected chi connectivity index (χ0v) is 19.6. The molecule has 1 atom stereocenters. The van der Waals surface area contributed by atoms with E-state index in [2.05, 4.69) is 38.1 Å². The van der Waals surface area contributed by atoms with Crippen LogP contribution in [0.25, 0.3) is 0 Å². The van der Waals surface area contributed by atoms with Gasteiger partial charge in [0.05, 0.1) is 6.61 Å². The SMILES string of the molecule is CCCCOc1ccc(C2CCC(CC(Cl)C3CCC(CCC)CC3)CC2)cc1. The van der Waals surface area contributed by atoms with Crippen LogP contribution >= 0.6 is 11.6 Å². The van der Waals surface area contributed by atoms with Crippen LogP contribution in [0.4, 0.5) is 0 Å². The zero-order valence-electron chi connectivity index (χ0n) is 18.9. The fraction of sp³-hybridized carbons (Fsp3) is 0.778. The third-order valence-electron chi connectivity index (χ3n) is 7.62. The molecule has 2 aliphatic carbocycles. The third kappa shape index (κ3) is 7.20. The maximum absolute atomic E-state index is 6.93. The zero-order chi connectivity index (χ0) is 20.5. The van der Waals surface area contributed by atoms with Gasteiger partial charge in [0.2, 0.25) is 0 Å². The molecule has 2 fully saturated rings. The number of unbranched alkanes of at least 4 members (excludes halogenated alkanes) is 1. The van der Waals surface area contributed by atoms with Crippen molar-refractivity contribution in [1.82, 2.24) is 0 Å². The van der Waals surface area contributed by atoms with Crippen LogP contribution in [0.5, 0.6) is 5.75 Å². The van der Waals surface area contributed by atoms with Crippen molar-refractivity contribution in [2.45, 2.75) is 109 Å². The lowest BCUT2D eigenvalue weighted by Crippen LogP contribution is -2.25. The summed E-state index contributed by atoms with van der Waals surface area (Å²) in [6, 6.07) is 8.93. The third-order valence-corrected chi connectivity index (χ3v) is 8.16. The summed E-state index contributed by atoms with van der Waals surface area (Å²) in [6.07, 6.45) is 17.3.